The zero-order valence-electron chi connectivity index (χ0n) is 8.75. The van der Waals surface area contributed by atoms with Gasteiger partial charge in [0.05, 0.1) is 0 Å². The van der Waals surface area contributed by atoms with Gasteiger partial charge in [-0.1, -0.05) is 13.8 Å². The molecule has 1 aromatic heterocycles. The zero-order valence-corrected chi connectivity index (χ0v) is 8.75. The second-order valence-electron chi connectivity index (χ2n) is 3.11. The van der Waals surface area contributed by atoms with Gasteiger partial charge in [0, 0.05) is 13.0 Å². The first-order chi connectivity index (χ1) is 6.76. The number of aromatic nitrogens is 3. The first-order valence-electron chi connectivity index (χ1n) is 5.00. The van der Waals surface area contributed by atoms with Gasteiger partial charge in [0.25, 0.3) is 0 Å². The van der Waals surface area contributed by atoms with Crippen molar-refractivity contribution >= 4 is 11.9 Å². The summed E-state index contributed by atoms with van der Waals surface area (Å²) in [5, 5.41) is 3.09. The van der Waals surface area contributed by atoms with Gasteiger partial charge >= 0.3 is 0 Å². The van der Waals surface area contributed by atoms with E-state index in [0.717, 1.165) is 31.6 Å². The Hall–Kier alpha value is -1.39. The number of nitrogens with zero attached hydrogens (tertiary/aromatic N) is 3. The first-order valence-corrected chi connectivity index (χ1v) is 5.00. The third-order valence-electron chi connectivity index (χ3n) is 1.71. The van der Waals surface area contributed by atoms with Crippen molar-refractivity contribution in [1.82, 2.24) is 15.0 Å². The molecule has 0 unspecified atom stereocenters. The van der Waals surface area contributed by atoms with Crippen LogP contribution in [-0.4, -0.2) is 21.5 Å². The van der Waals surface area contributed by atoms with E-state index in [4.69, 9.17) is 5.73 Å². The van der Waals surface area contributed by atoms with E-state index in [2.05, 4.69) is 34.1 Å². The fraction of sp³-hybridized carbons (Fsp3) is 0.667. The van der Waals surface area contributed by atoms with E-state index in [1.807, 2.05) is 0 Å². The van der Waals surface area contributed by atoms with Gasteiger partial charge in [0.15, 0.2) is 0 Å². The number of anilines is 2. The Morgan fingerprint density at radius 1 is 1.14 bits per heavy atom. The molecule has 0 spiro atoms. The van der Waals surface area contributed by atoms with E-state index in [1.54, 1.807) is 0 Å². The van der Waals surface area contributed by atoms with E-state index < -0.39 is 0 Å². The van der Waals surface area contributed by atoms with E-state index in [9.17, 15) is 0 Å². The molecule has 0 aliphatic heterocycles. The Morgan fingerprint density at radius 3 is 2.57 bits per heavy atom. The summed E-state index contributed by atoms with van der Waals surface area (Å²) in [5.74, 6) is 1.64. The van der Waals surface area contributed by atoms with Crippen molar-refractivity contribution in [1.29, 1.82) is 0 Å². The fourth-order valence-corrected chi connectivity index (χ4v) is 1.09. The lowest BCUT2D eigenvalue weighted by Crippen LogP contribution is -2.10. The monoisotopic (exact) mass is 195 g/mol. The van der Waals surface area contributed by atoms with Crippen molar-refractivity contribution < 1.29 is 0 Å². The summed E-state index contributed by atoms with van der Waals surface area (Å²) in [6, 6.07) is 0. The predicted molar refractivity (Wildman–Crippen MR) is 57.0 cm³/mol. The van der Waals surface area contributed by atoms with Gasteiger partial charge in [-0.2, -0.15) is 15.0 Å². The van der Waals surface area contributed by atoms with Crippen molar-refractivity contribution in [2.75, 3.05) is 17.6 Å². The van der Waals surface area contributed by atoms with Crippen LogP contribution in [0.5, 0.6) is 0 Å². The van der Waals surface area contributed by atoms with E-state index in [1.165, 1.54) is 0 Å². The molecule has 78 valence electrons. The standard InChI is InChI=1S/C9H17N5/c1-3-5-7-12-8(10)14-9(13-7)11-6-4-2/h3-6H2,1-2H3,(H3,10,11,12,13,14). The molecule has 1 rings (SSSR count). The van der Waals surface area contributed by atoms with Crippen LogP contribution in [-0.2, 0) is 6.42 Å². The molecule has 1 aromatic rings. The van der Waals surface area contributed by atoms with Crippen molar-refractivity contribution in [2.45, 2.75) is 33.1 Å². The number of nitrogens with two attached hydrogens (primary N) is 1. The number of nitrogen functional groups attached to an aromatic ring is 1. The minimum atomic E-state index is 0.294. The third-order valence-corrected chi connectivity index (χ3v) is 1.71. The van der Waals surface area contributed by atoms with Gasteiger partial charge in [-0.25, -0.2) is 0 Å². The van der Waals surface area contributed by atoms with Crippen LogP contribution in [0.3, 0.4) is 0 Å². The highest BCUT2D eigenvalue weighted by molar-refractivity contribution is 5.30. The van der Waals surface area contributed by atoms with Gasteiger partial charge in [-0.05, 0) is 12.8 Å². The van der Waals surface area contributed by atoms with Crippen LogP contribution in [0.15, 0.2) is 0 Å². The van der Waals surface area contributed by atoms with Crippen molar-refractivity contribution in [2.24, 2.45) is 0 Å². The third kappa shape index (κ3) is 3.16. The molecular formula is C9H17N5. The summed E-state index contributed by atoms with van der Waals surface area (Å²) in [7, 11) is 0. The van der Waals surface area contributed by atoms with Gasteiger partial charge in [0.1, 0.15) is 5.82 Å². The second kappa shape index (κ2) is 5.36. The van der Waals surface area contributed by atoms with E-state index >= 15 is 0 Å². The molecule has 0 saturated heterocycles. The van der Waals surface area contributed by atoms with Crippen LogP contribution < -0.4 is 11.1 Å². The molecule has 0 atom stereocenters. The highest BCUT2D eigenvalue weighted by Gasteiger charge is 2.02. The highest BCUT2D eigenvalue weighted by atomic mass is 15.2. The normalized spacial score (nSPS) is 10.1. The molecule has 0 saturated carbocycles. The number of hydrogen-bond acceptors (Lipinski definition) is 5. The summed E-state index contributed by atoms with van der Waals surface area (Å²) >= 11 is 0. The van der Waals surface area contributed by atoms with Crippen molar-refractivity contribution in [3.8, 4) is 0 Å². The first kappa shape index (κ1) is 10.7. The maximum atomic E-state index is 5.56. The molecule has 0 bridgehead atoms. The Morgan fingerprint density at radius 2 is 1.93 bits per heavy atom. The van der Waals surface area contributed by atoms with Gasteiger partial charge in [-0.15, -0.1) is 0 Å². The molecule has 0 aliphatic rings. The van der Waals surface area contributed by atoms with E-state index in [-0.39, 0.29) is 0 Å². The molecule has 5 heteroatoms. The molecule has 14 heavy (non-hydrogen) atoms. The molecule has 3 N–H and O–H groups in total. The van der Waals surface area contributed by atoms with Crippen LogP contribution in [0.1, 0.15) is 32.5 Å². The van der Waals surface area contributed by atoms with Crippen LogP contribution in [0, 0.1) is 0 Å². The van der Waals surface area contributed by atoms with Crippen LogP contribution >= 0.6 is 0 Å². The summed E-state index contributed by atoms with van der Waals surface area (Å²) in [6.07, 6.45) is 2.89. The smallest absolute Gasteiger partial charge is 0.227 e. The number of nitrogens with one attached hydrogen (secondary N) is 1. The average Bonchev–Trinajstić information content (AvgIpc) is 2.14. The molecular weight excluding hydrogens is 178 g/mol. The maximum absolute atomic E-state index is 5.56. The Kier molecular flexibility index (Phi) is 4.10. The Bertz CT molecular complexity index is 287. The minimum Gasteiger partial charge on any atom is -0.368 e. The summed E-state index contributed by atoms with van der Waals surface area (Å²) in [6.45, 7) is 5.03. The Labute approximate surface area is 84.2 Å². The van der Waals surface area contributed by atoms with Crippen LogP contribution in [0.4, 0.5) is 11.9 Å². The van der Waals surface area contributed by atoms with Crippen molar-refractivity contribution in [3.05, 3.63) is 5.82 Å². The zero-order chi connectivity index (χ0) is 10.4. The number of rotatable bonds is 5. The van der Waals surface area contributed by atoms with Crippen molar-refractivity contribution in [3.63, 3.8) is 0 Å². The predicted octanol–water partition coefficient (Wildman–Crippen LogP) is 1.23. The number of hydrogen-bond donors (Lipinski definition) is 2. The molecule has 5 nitrogen and oxygen atoms in total. The molecule has 0 aliphatic carbocycles. The molecule has 0 radical (unpaired) electrons. The van der Waals surface area contributed by atoms with Crippen LogP contribution in [0.2, 0.25) is 0 Å². The number of aryl methyl sites for hydroxylation is 1. The highest BCUT2D eigenvalue weighted by Crippen LogP contribution is 2.04. The lowest BCUT2D eigenvalue weighted by Gasteiger charge is -2.05. The molecule has 0 aromatic carbocycles. The SMILES string of the molecule is CCCNc1nc(N)nc(CCC)n1. The second-order valence-corrected chi connectivity index (χ2v) is 3.11. The topological polar surface area (TPSA) is 76.7 Å². The Balaban J connectivity index is 2.73. The minimum absolute atomic E-state index is 0.294. The fourth-order valence-electron chi connectivity index (χ4n) is 1.09. The average molecular weight is 195 g/mol. The lowest BCUT2D eigenvalue weighted by molar-refractivity contribution is 0.818. The molecule has 0 fully saturated rings. The largest absolute Gasteiger partial charge is 0.368 e. The van der Waals surface area contributed by atoms with Gasteiger partial charge < -0.3 is 11.1 Å². The summed E-state index contributed by atoms with van der Waals surface area (Å²) in [4.78, 5) is 12.3. The van der Waals surface area contributed by atoms with Gasteiger partial charge in [-0.3, -0.25) is 0 Å². The lowest BCUT2D eigenvalue weighted by atomic mass is 10.3. The molecule has 1 heterocycles. The molecule has 0 amide bonds. The quantitative estimate of drug-likeness (QED) is 0.739. The summed E-state index contributed by atoms with van der Waals surface area (Å²) < 4.78 is 0. The van der Waals surface area contributed by atoms with Crippen LogP contribution in [0.25, 0.3) is 0 Å². The van der Waals surface area contributed by atoms with Gasteiger partial charge in [0.2, 0.25) is 11.9 Å². The maximum Gasteiger partial charge on any atom is 0.227 e. The summed E-state index contributed by atoms with van der Waals surface area (Å²) in [5.41, 5.74) is 5.56. The van der Waals surface area contributed by atoms with E-state index in [0.29, 0.717) is 11.9 Å².